The average Bonchev–Trinajstić information content (AvgIpc) is 2.83. The van der Waals surface area contributed by atoms with Gasteiger partial charge in [0.1, 0.15) is 0 Å². The number of aromatic nitrogens is 1. The maximum Gasteiger partial charge on any atom is 0.255 e. The van der Waals surface area contributed by atoms with E-state index in [1.807, 2.05) is 11.0 Å². The highest BCUT2D eigenvalue weighted by Gasteiger charge is 2.40. The standard InChI is InChI=1S/C14H18BrN3O/c15-11-4-10(5-17-6-11)14(19)18-7-9-2-1-3-13(16)12(9)8-18/h4-6,9,12-13H,1-3,7-8,16H2. The molecule has 0 spiro atoms. The van der Waals surface area contributed by atoms with Gasteiger partial charge in [0.15, 0.2) is 0 Å². The molecule has 2 heterocycles. The molecule has 2 N–H and O–H groups in total. The first-order valence-electron chi connectivity index (χ1n) is 6.80. The third kappa shape index (κ3) is 2.54. The van der Waals surface area contributed by atoms with E-state index in [9.17, 15) is 4.79 Å². The summed E-state index contributed by atoms with van der Waals surface area (Å²) < 4.78 is 0.840. The number of nitrogens with zero attached hydrogens (tertiary/aromatic N) is 2. The fraction of sp³-hybridized carbons (Fsp3) is 0.571. The lowest BCUT2D eigenvalue weighted by Gasteiger charge is -2.29. The van der Waals surface area contributed by atoms with E-state index in [0.717, 1.165) is 24.0 Å². The van der Waals surface area contributed by atoms with Crippen LogP contribution in [0.1, 0.15) is 29.6 Å². The van der Waals surface area contributed by atoms with E-state index < -0.39 is 0 Å². The first kappa shape index (κ1) is 13.1. The molecule has 3 atom stereocenters. The van der Waals surface area contributed by atoms with Crippen LogP contribution < -0.4 is 5.73 Å². The van der Waals surface area contributed by atoms with Crippen LogP contribution >= 0.6 is 15.9 Å². The number of carbonyl (C=O) groups excluding carboxylic acids is 1. The maximum absolute atomic E-state index is 12.5. The maximum atomic E-state index is 12.5. The molecule has 1 saturated carbocycles. The van der Waals surface area contributed by atoms with Crippen LogP contribution in [-0.4, -0.2) is 34.9 Å². The van der Waals surface area contributed by atoms with Crippen LogP contribution in [0.3, 0.4) is 0 Å². The van der Waals surface area contributed by atoms with Gasteiger partial charge in [0.05, 0.1) is 5.56 Å². The number of amides is 1. The second-order valence-corrected chi connectivity index (χ2v) is 6.54. The predicted octanol–water partition coefficient (Wildman–Crippen LogP) is 2.04. The minimum Gasteiger partial charge on any atom is -0.338 e. The molecule has 4 nitrogen and oxygen atoms in total. The molecule has 1 aliphatic carbocycles. The number of likely N-dealkylation sites (tertiary alicyclic amines) is 1. The van der Waals surface area contributed by atoms with E-state index >= 15 is 0 Å². The fourth-order valence-electron chi connectivity index (χ4n) is 3.39. The molecule has 3 unspecified atom stereocenters. The summed E-state index contributed by atoms with van der Waals surface area (Å²) in [6.07, 6.45) is 6.83. The third-order valence-corrected chi connectivity index (χ3v) is 4.83. The van der Waals surface area contributed by atoms with Gasteiger partial charge in [0.25, 0.3) is 5.91 Å². The van der Waals surface area contributed by atoms with Crippen LogP contribution in [0.2, 0.25) is 0 Å². The van der Waals surface area contributed by atoms with E-state index in [4.69, 9.17) is 5.73 Å². The molecule has 19 heavy (non-hydrogen) atoms. The smallest absolute Gasteiger partial charge is 0.255 e. The van der Waals surface area contributed by atoms with Gasteiger partial charge in [-0.1, -0.05) is 6.42 Å². The molecule has 1 aromatic heterocycles. The zero-order valence-corrected chi connectivity index (χ0v) is 12.3. The molecule has 0 radical (unpaired) electrons. The van der Waals surface area contributed by atoms with Gasteiger partial charge < -0.3 is 10.6 Å². The van der Waals surface area contributed by atoms with E-state index in [2.05, 4.69) is 20.9 Å². The van der Waals surface area contributed by atoms with Gasteiger partial charge in [-0.25, -0.2) is 0 Å². The van der Waals surface area contributed by atoms with Gasteiger partial charge >= 0.3 is 0 Å². The van der Waals surface area contributed by atoms with Crippen LogP contribution in [0.4, 0.5) is 0 Å². The van der Waals surface area contributed by atoms with Crippen LogP contribution in [-0.2, 0) is 0 Å². The largest absolute Gasteiger partial charge is 0.338 e. The van der Waals surface area contributed by atoms with Crippen molar-refractivity contribution in [1.29, 1.82) is 0 Å². The molecule has 2 fully saturated rings. The first-order valence-corrected chi connectivity index (χ1v) is 7.60. The van der Waals surface area contributed by atoms with Gasteiger partial charge in [-0.3, -0.25) is 9.78 Å². The SMILES string of the molecule is NC1CCCC2CN(C(=O)c3cncc(Br)c3)CC12. The van der Waals surface area contributed by atoms with Crippen LogP contribution in [0, 0.1) is 11.8 Å². The summed E-state index contributed by atoms with van der Waals surface area (Å²) in [5, 5.41) is 0. The zero-order valence-electron chi connectivity index (χ0n) is 10.8. The monoisotopic (exact) mass is 323 g/mol. The number of rotatable bonds is 1. The first-order chi connectivity index (χ1) is 9.15. The van der Waals surface area contributed by atoms with Crippen molar-refractivity contribution in [1.82, 2.24) is 9.88 Å². The molecule has 2 aliphatic rings. The Balaban J connectivity index is 1.75. The van der Waals surface area contributed by atoms with E-state index in [1.54, 1.807) is 12.4 Å². The Bertz CT molecular complexity index is 493. The summed E-state index contributed by atoms with van der Waals surface area (Å²) in [6.45, 7) is 1.65. The highest BCUT2D eigenvalue weighted by Crippen LogP contribution is 2.36. The van der Waals surface area contributed by atoms with Crippen LogP contribution in [0.5, 0.6) is 0 Å². The molecule has 1 aliphatic heterocycles. The number of hydrogen-bond acceptors (Lipinski definition) is 3. The minimum absolute atomic E-state index is 0.0791. The average molecular weight is 324 g/mol. The topological polar surface area (TPSA) is 59.2 Å². The molecular weight excluding hydrogens is 306 g/mol. The highest BCUT2D eigenvalue weighted by molar-refractivity contribution is 9.10. The van der Waals surface area contributed by atoms with Crippen molar-refractivity contribution in [3.05, 3.63) is 28.5 Å². The molecule has 1 saturated heterocycles. The van der Waals surface area contributed by atoms with E-state index in [-0.39, 0.29) is 11.9 Å². The van der Waals surface area contributed by atoms with E-state index in [1.165, 1.54) is 12.8 Å². The van der Waals surface area contributed by atoms with Crippen molar-refractivity contribution in [2.24, 2.45) is 17.6 Å². The second kappa shape index (κ2) is 5.21. The van der Waals surface area contributed by atoms with Gasteiger partial charge in [-0.2, -0.15) is 0 Å². The third-order valence-electron chi connectivity index (χ3n) is 4.39. The van der Waals surface area contributed by atoms with Gasteiger partial charge in [-0.05, 0) is 46.7 Å². The Morgan fingerprint density at radius 1 is 1.37 bits per heavy atom. The molecular formula is C14H18BrN3O. The molecule has 1 aromatic rings. The number of hydrogen-bond donors (Lipinski definition) is 1. The van der Waals surface area contributed by atoms with Crippen LogP contribution in [0.25, 0.3) is 0 Å². The summed E-state index contributed by atoms with van der Waals surface area (Å²) in [7, 11) is 0. The van der Waals surface area contributed by atoms with Crippen molar-refractivity contribution in [2.75, 3.05) is 13.1 Å². The number of nitrogens with two attached hydrogens (primary N) is 1. The molecule has 0 bridgehead atoms. The number of halogens is 1. The fourth-order valence-corrected chi connectivity index (χ4v) is 3.76. The summed E-state index contributed by atoms with van der Waals surface area (Å²) in [5.41, 5.74) is 6.84. The quantitative estimate of drug-likeness (QED) is 0.860. The zero-order chi connectivity index (χ0) is 13.4. The lowest BCUT2D eigenvalue weighted by Crippen LogP contribution is -2.38. The normalized spacial score (nSPS) is 30.2. The van der Waals surface area contributed by atoms with Crippen molar-refractivity contribution in [3.8, 4) is 0 Å². The van der Waals surface area contributed by atoms with Crippen molar-refractivity contribution in [3.63, 3.8) is 0 Å². The molecule has 102 valence electrons. The van der Waals surface area contributed by atoms with E-state index in [0.29, 0.717) is 17.4 Å². The number of carbonyl (C=O) groups is 1. The summed E-state index contributed by atoms with van der Waals surface area (Å²) >= 11 is 3.36. The summed E-state index contributed by atoms with van der Waals surface area (Å²) in [4.78, 5) is 18.5. The lowest BCUT2D eigenvalue weighted by atomic mass is 9.78. The highest BCUT2D eigenvalue weighted by atomic mass is 79.9. The van der Waals surface area contributed by atoms with Gasteiger partial charge in [-0.15, -0.1) is 0 Å². The number of pyridine rings is 1. The van der Waals surface area contributed by atoms with Crippen molar-refractivity contribution in [2.45, 2.75) is 25.3 Å². The molecule has 5 heteroatoms. The second-order valence-electron chi connectivity index (χ2n) is 5.62. The Labute approximate surface area is 121 Å². The number of fused-ring (bicyclic) bond motifs is 1. The van der Waals surface area contributed by atoms with Crippen LogP contribution in [0.15, 0.2) is 22.9 Å². The summed E-state index contributed by atoms with van der Waals surface area (Å²) in [5.74, 6) is 1.15. The van der Waals surface area contributed by atoms with Gasteiger partial charge in [0.2, 0.25) is 0 Å². The Morgan fingerprint density at radius 2 is 2.21 bits per heavy atom. The Morgan fingerprint density at radius 3 is 2.95 bits per heavy atom. The molecule has 1 amide bonds. The Kier molecular flexibility index (Phi) is 3.58. The lowest BCUT2D eigenvalue weighted by molar-refractivity contribution is 0.0783. The molecule has 0 aromatic carbocycles. The van der Waals surface area contributed by atoms with Crippen molar-refractivity contribution >= 4 is 21.8 Å². The molecule has 3 rings (SSSR count). The minimum atomic E-state index is 0.0791. The summed E-state index contributed by atoms with van der Waals surface area (Å²) in [6, 6.07) is 2.09. The predicted molar refractivity (Wildman–Crippen MR) is 76.6 cm³/mol. The Hall–Kier alpha value is -0.940. The van der Waals surface area contributed by atoms with Gasteiger partial charge in [0, 0.05) is 36.0 Å². The van der Waals surface area contributed by atoms with Crippen molar-refractivity contribution < 1.29 is 4.79 Å².